The lowest BCUT2D eigenvalue weighted by molar-refractivity contribution is 0.192. The Bertz CT molecular complexity index is 963. The number of carbonyl (C=O) groups is 1. The third-order valence-corrected chi connectivity index (χ3v) is 5.16. The van der Waals surface area contributed by atoms with Gasteiger partial charge in [0.1, 0.15) is 17.3 Å². The van der Waals surface area contributed by atoms with Crippen molar-refractivity contribution in [2.24, 2.45) is 0 Å². The van der Waals surface area contributed by atoms with E-state index < -0.39 is 6.09 Å². The van der Waals surface area contributed by atoms with Gasteiger partial charge in [-0.2, -0.15) is 0 Å². The second-order valence-corrected chi connectivity index (χ2v) is 7.17. The molecule has 29 heavy (non-hydrogen) atoms. The highest BCUT2D eigenvalue weighted by Crippen LogP contribution is 2.35. The van der Waals surface area contributed by atoms with Crippen molar-refractivity contribution in [1.82, 2.24) is 10.3 Å². The van der Waals surface area contributed by atoms with E-state index in [-0.39, 0.29) is 6.04 Å². The van der Waals surface area contributed by atoms with Gasteiger partial charge < -0.3 is 19.2 Å². The molecule has 0 spiro atoms. The molecule has 3 aromatic rings. The Morgan fingerprint density at radius 3 is 2.69 bits per heavy atom. The van der Waals surface area contributed by atoms with Crippen molar-refractivity contribution in [3.8, 4) is 33.9 Å². The minimum Gasteiger partial charge on any atom is -0.496 e. The number of ether oxygens (including phenoxy) is 2. The third-order valence-electron chi connectivity index (χ3n) is 5.16. The van der Waals surface area contributed by atoms with Crippen LogP contribution in [0.3, 0.4) is 0 Å². The molecule has 0 saturated heterocycles. The SMILES string of the molecule is COc1ccc(OC(=O)NC2CCCCC2)cc1-c1cncc(-c2ccco2)c1. The first kappa shape index (κ1) is 19.1. The highest BCUT2D eigenvalue weighted by molar-refractivity contribution is 5.77. The molecule has 0 atom stereocenters. The van der Waals surface area contributed by atoms with Crippen molar-refractivity contribution < 1.29 is 18.7 Å². The number of furan rings is 1. The number of aromatic nitrogens is 1. The largest absolute Gasteiger partial charge is 0.496 e. The van der Waals surface area contributed by atoms with E-state index in [1.54, 1.807) is 44.0 Å². The number of pyridine rings is 1. The van der Waals surface area contributed by atoms with Gasteiger partial charge in [-0.1, -0.05) is 19.3 Å². The monoisotopic (exact) mass is 392 g/mol. The van der Waals surface area contributed by atoms with Crippen molar-refractivity contribution in [3.05, 3.63) is 55.1 Å². The van der Waals surface area contributed by atoms with Gasteiger partial charge in [0, 0.05) is 35.1 Å². The fraction of sp³-hybridized carbons (Fsp3) is 0.304. The van der Waals surface area contributed by atoms with Gasteiger partial charge in [0.25, 0.3) is 0 Å². The van der Waals surface area contributed by atoms with Crippen molar-refractivity contribution >= 4 is 6.09 Å². The molecule has 0 radical (unpaired) electrons. The quantitative estimate of drug-likeness (QED) is 0.626. The molecule has 1 fully saturated rings. The van der Waals surface area contributed by atoms with Crippen LogP contribution in [0.2, 0.25) is 0 Å². The number of rotatable bonds is 5. The molecule has 1 amide bonds. The maximum Gasteiger partial charge on any atom is 0.412 e. The van der Waals surface area contributed by atoms with Crippen LogP contribution in [0.1, 0.15) is 32.1 Å². The number of hydrogen-bond donors (Lipinski definition) is 1. The molecule has 2 heterocycles. The number of methoxy groups -OCH3 is 1. The van der Waals surface area contributed by atoms with Gasteiger partial charge in [-0.05, 0) is 49.2 Å². The molecule has 4 rings (SSSR count). The molecular formula is C23H24N2O4. The van der Waals surface area contributed by atoms with Gasteiger partial charge in [0.05, 0.1) is 13.4 Å². The van der Waals surface area contributed by atoms with Gasteiger partial charge in [0.15, 0.2) is 0 Å². The van der Waals surface area contributed by atoms with Crippen LogP contribution in [0, 0.1) is 0 Å². The summed E-state index contributed by atoms with van der Waals surface area (Å²) in [5, 5.41) is 2.97. The summed E-state index contributed by atoms with van der Waals surface area (Å²) in [5.74, 6) is 1.86. The summed E-state index contributed by atoms with van der Waals surface area (Å²) in [7, 11) is 1.61. The van der Waals surface area contributed by atoms with Crippen LogP contribution in [0.15, 0.2) is 59.5 Å². The molecule has 1 N–H and O–H groups in total. The summed E-state index contributed by atoms with van der Waals surface area (Å²) in [4.78, 5) is 16.6. The predicted octanol–water partition coefficient (Wildman–Crippen LogP) is 5.44. The molecule has 1 saturated carbocycles. The van der Waals surface area contributed by atoms with E-state index in [1.807, 2.05) is 18.2 Å². The topological polar surface area (TPSA) is 73.6 Å². The number of benzene rings is 1. The van der Waals surface area contributed by atoms with E-state index in [0.717, 1.165) is 48.1 Å². The fourth-order valence-electron chi connectivity index (χ4n) is 3.69. The van der Waals surface area contributed by atoms with Crippen molar-refractivity contribution in [3.63, 3.8) is 0 Å². The van der Waals surface area contributed by atoms with Gasteiger partial charge in [-0.3, -0.25) is 4.98 Å². The highest BCUT2D eigenvalue weighted by atomic mass is 16.6. The van der Waals surface area contributed by atoms with Crippen LogP contribution in [0.4, 0.5) is 4.79 Å². The summed E-state index contributed by atoms with van der Waals surface area (Å²) in [6.45, 7) is 0. The van der Waals surface area contributed by atoms with Crippen LogP contribution in [0.5, 0.6) is 11.5 Å². The second-order valence-electron chi connectivity index (χ2n) is 7.17. The summed E-state index contributed by atoms with van der Waals surface area (Å²) < 4.78 is 16.5. The zero-order valence-corrected chi connectivity index (χ0v) is 16.4. The fourth-order valence-corrected chi connectivity index (χ4v) is 3.69. The van der Waals surface area contributed by atoms with E-state index in [0.29, 0.717) is 11.5 Å². The minimum atomic E-state index is -0.421. The Labute approximate surface area is 169 Å². The van der Waals surface area contributed by atoms with Gasteiger partial charge in [-0.25, -0.2) is 4.79 Å². The molecule has 0 bridgehead atoms. The summed E-state index contributed by atoms with van der Waals surface area (Å²) in [6.07, 6.45) is 10.2. The maximum absolute atomic E-state index is 12.3. The first-order chi connectivity index (χ1) is 14.2. The Hall–Kier alpha value is -3.28. The van der Waals surface area contributed by atoms with E-state index in [9.17, 15) is 4.79 Å². The van der Waals surface area contributed by atoms with Crippen LogP contribution in [0.25, 0.3) is 22.5 Å². The van der Waals surface area contributed by atoms with E-state index in [2.05, 4.69) is 10.3 Å². The smallest absolute Gasteiger partial charge is 0.412 e. The highest BCUT2D eigenvalue weighted by Gasteiger charge is 2.17. The molecule has 2 aromatic heterocycles. The molecule has 1 aliphatic carbocycles. The predicted molar refractivity (Wildman–Crippen MR) is 110 cm³/mol. The first-order valence-electron chi connectivity index (χ1n) is 9.88. The first-order valence-corrected chi connectivity index (χ1v) is 9.88. The summed E-state index contributed by atoms with van der Waals surface area (Å²) in [5.41, 5.74) is 2.49. The van der Waals surface area contributed by atoms with E-state index in [4.69, 9.17) is 13.9 Å². The minimum absolute atomic E-state index is 0.197. The normalized spacial score (nSPS) is 14.4. The van der Waals surface area contributed by atoms with Crippen LogP contribution in [-0.4, -0.2) is 24.2 Å². The molecular weight excluding hydrogens is 368 g/mol. The molecule has 0 unspecified atom stereocenters. The van der Waals surface area contributed by atoms with Gasteiger partial charge in [0.2, 0.25) is 0 Å². The molecule has 150 valence electrons. The van der Waals surface area contributed by atoms with Gasteiger partial charge >= 0.3 is 6.09 Å². The van der Waals surface area contributed by atoms with Crippen LogP contribution in [-0.2, 0) is 0 Å². The third kappa shape index (κ3) is 4.59. The van der Waals surface area contributed by atoms with Gasteiger partial charge in [-0.15, -0.1) is 0 Å². The average molecular weight is 392 g/mol. The zero-order valence-electron chi connectivity index (χ0n) is 16.4. The maximum atomic E-state index is 12.3. The number of hydrogen-bond acceptors (Lipinski definition) is 5. The molecule has 1 aliphatic rings. The lowest BCUT2D eigenvalue weighted by Crippen LogP contribution is -2.37. The Kier molecular flexibility index (Phi) is 5.79. The Morgan fingerprint density at radius 2 is 1.93 bits per heavy atom. The summed E-state index contributed by atoms with van der Waals surface area (Å²) in [6, 6.07) is 11.2. The standard InChI is InChI=1S/C23H24N2O4/c1-27-22-10-9-19(29-23(26)25-18-6-3-2-4-7-18)13-20(22)16-12-17(15-24-14-16)21-8-5-11-28-21/h5,8-15,18H,2-4,6-7H2,1H3,(H,25,26). The lowest BCUT2D eigenvalue weighted by Gasteiger charge is -2.22. The van der Waals surface area contributed by atoms with Crippen LogP contribution >= 0.6 is 0 Å². The second kappa shape index (κ2) is 8.82. The Balaban J connectivity index is 1.55. The molecule has 6 heteroatoms. The van der Waals surface area contributed by atoms with E-state index in [1.165, 1.54) is 6.42 Å². The van der Waals surface area contributed by atoms with Crippen molar-refractivity contribution in [2.45, 2.75) is 38.1 Å². The molecule has 6 nitrogen and oxygen atoms in total. The summed E-state index contributed by atoms with van der Waals surface area (Å²) >= 11 is 0. The average Bonchev–Trinajstić information content (AvgIpc) is 3.29. The van der Waals surface area contributed by atoms with Crippen molar-refractivity contribution in [2.75, 3.05) is 7.11 Å². The van der Waals surface area contributed by atoms with Crippen molar-refractivity contribution in [1.29, 1.82) is 0 Å². The number of nitrogens with one attached hydrogen (secondary N) is 1. The Morgan fingerprint density at radius 1 is 1.10 bits per heavy atom. The zero-order chi connectivity index (χ0) is 20.1. The number of carbonyl (C=O) groups excluding carboxylic acids is 1. The lowest BCUT2D eigenvalue weighted by atomic mass is 9.96. The van der Waals surface area contributed by atoms with Crippen LogP contribution < -0.4 is 14.8 Å². The molecule has 1 aromatic carbocycles. The van der Waals surface area contributed by atoms with E-state index >= 15 is 0 Å². The number of amides is 1. The number of nitrogens with zero attached hydrogens (tertiary/aromatic N) is 1. The molecule has 0 aliphatic heterocycles.